The highest BCUT2D eigenvalue weighted by molar-refractivity contribution is 5.90. The lowest BCUT2D eigenvalue weighted by atomic mass is 9.81. The zero-order chi connectivity index (χ0) is 48.6. The Morgan fingerprint density at radius 3 is 1.61 bits per heavy atom. The molecule has 1 aliphatic carbocycles. The van der Waals surface area contributed by atoms with E-state index in [0.717, 1.165) is 19.6 Å². The van der Waals surface area contributed by atoms with Crippen LogP contribution in [0, 0.1) is 47.3 Å². The lowest BCUT2D eigenvalue weighted by molar-refractivity contribution is -0.339. The molecule has 3 fully saturated rings. The standard InChI is InChI=1S/C43H60O23/c1-5-19-21(7-9-44)26(16-60-40(19)65-42-35(53)33(51)31(49)29(13-47)63-42)38(56)59-15-25-18(3)28(11-23(25)24(12-46)37(55)58-4)62-39(57)27-17-61-41(20(6-2)22(27)8-10-45)66-43-36(54)34(52)32(50)30(14-48)64-43/h5-6,9-10,16-25,28-36,40-43,46-54H,1-2,7-8,11-15H2,3-4H3/t18-,19-,20-,21+,22+,23-,24+,25-,28+,29-,30-,31-,32-,33+,34+,35-,36-,40+,41+,42+,43+/m1/s1. The predicted molar refractivity (Wildman–Crippen MR) is 216 cm³/mol. The van der Waals surface area contributed by atoms with E-state index in [0.29, 0.717) is 12.6 Å². The van der Waals surface area contributed by atoms with Gasteiger partial charge >= 0.3 is 17.9 Å². The van der Waals surface area contributed by atoms with Crippen molar-refractivity contribution in [2.24, 2.45) is 47.3 Å². The molecule has 0 unspecified atom stereocenters. The molecule has 0 radical (unpaired) electrons. The highest BCUT2D eigenvalue weighted by Crippen LogP contribution is 2.45. The van der Waals surface area contributed by atoms with Gasteiger partial charge in [0.25, 0.3) is 0 Å². The zero-order valence-corrected chi connectivity index (χ0v) is 36.2. The minimum atomic E-state index is -1.79. The van der Waals surface area contributed by atoms with Gasteiger partial charge in [-0.2, -0.15) is 0 Å². The van der Waals surface area contributed by atoms with E-state index in [1.54, 1.807) is 6.92 Å². The Morgan fingerprint density at radius 2 is 1.20 bits per heavy atom. The van der Waals surface area contributed by atoms with Crippen molar-refractivity contribution in [1.29, 1.82) is 0 Å². The number of aldehydes is 2. The monoisotopic (exact) mass is 944 g/mol. The van der Waals surface area contributed by atoms with E-state index in [4.69, 9.17) is 42.6 Å². The summed E-state index contributed by atoms with van der Waals surface area (Å²) < 4.78 is 50.6. The molecule has 4 heterocycles. The van der Waals surface area contributed by atoms with Gasteiger partial charge in [-0.15, -0.1) is 13.2 Å². The van der Waals surface area contributed by atoms with Gasteiger partial charge in [-0.05, 0) is 18.3 Å². The average molecular weight is 945 g/mol. The minimum absolute atomic E-state index is 0.0370. The molecule has 23 nitrogen and oxygen atoms in total. The summed E-state index contributed by atoms with van der Waals surface area (Å²) in [4.78, 5) is 64.6. The van der Waals surface area contributed by atoms with Crippen LogP contribution in [-0.2, 0) is 66.6 Å². The van der Waals surface area contributed by atoms with Gasteiger partial charge in [0, 0.05) is 42.4 Å². The molecule has 9 N–H and O–H groups in total. The number of rotatable bonds is 20. The molecule has 1 saturated carbocycles. The molecule has 0 bridgehead atoms. The molecule has 370 valence electrons. The maximum absolute atomic E-state index is 14.0. The number of aliphatic hydroxyl groups is 9. The summed E-state index contributed by atoms with van der Waals surface area (Å²) >= 11 is 0. The zero-order valence-electron chi connectivity index (χ0n) is 36.2. The Labute approximate surface area is 378 Å². The summed E-state index contributed by atoms with van der Waals surface area (Å²) in [5.74, 6) is -9.99. The lowest BCUT2D eigenvalue weighted by Gasteiger charge is -2.43. The first kappa shape index (κ1) is 52.8. The molecule has 4 aliphatic heterocycles. The number of esters is 3. The fraction of sp³-hybridized carbons (Fsp3) is 0.698. The van der Waals surface area contributed by atoms with Crippen LogP contribution in [-0.4, -0.2) is 190 Å². The minimum Gasteiger partial charge on any atom is -0.471 e. The van der Waals surface area contributed by atoms with Crippen molar-refractivity contribution in [2.45, 2.75) is 106 Å². The smallest absolute Gasteiger partial charge is 0.337 e. The van der Waals surface area contributed by atoms with Gasteiger partial charge in [-0.25, -0.2) is 9.59 Å². The topological polar surface area (TPSA) is 350 Å². The summed E-state index contributed by atoms with van der Waals surface area (Å²) in [6.45, 7) is 6.66. The van der Waals surface area contributed by atoms with E-state index >= 15 is 0 Å². The van der Waals surface area contributed by atoms with Gasteiger partial charge in [-0.3, -0.25) is 4.79 Å². The third-order valence-electron chi connectivity index (χ3n) is 13.2. The van der Waals surface area contributed by atoms with Crippen LogP contribution in [0.3, 0.4) is 0 Å². The predicted octanol–water partition coefficient (Wildman–Crippen LogP) is -3.38. The van der Waals surface area contributed by atoms with Crippen molar-refractivity contribution >= 4 is 30.5 Å². The Kier molecular flexibility index (Phi) is 18.9. The van der Waals surface area contributed by atoms with Crippen LogP contribution in [0.1, 0.15) is 26.2 Å². The van der Waals surface area contributed by atoms with Crippen molar-refractivity contribution in [3.8, 4) is 0 Å². The number of carbonyl (C=O) groups is 5. The average Bonchev–Trinajstić information content (AvgIpc) is 3.61. The van der Waals surface area contributed by atoms with Gasteiger partial charge in [0.1, 0.15) is 67.5 Å². The second-order valence-corrected chi connectivity index (χ2v) is 16.7. The molecule has 0 aromatic heterocycles. The highest BCUT2D eigenvalue weighted by atomic mass is 16.8. The second-order valence-electron chi connectivity index (χ2n) is 16.7. The third kappa shape index (κ3) is 11.0. The van der Waals surface area contributed by atoms with Crippen molar-refractivity contribution in [3.63, 3.8) is 0 Å². The summed E-state index contributed by atoms with van der Waals surface area (Å²) in [6.07, 6.45) is -14.8. The first-order chi connectivity index (χ1) is 31.5. The Bertz CT molecular complexity index is 1770. The van der Waals surface area contributed by atoms with E-state index in [2.05, 4.69) is 13.2 Å². The first-order valence-corrected chi connectivity index (χ1v) is 21.4. The van der Waals surface area contributed by atoms with Crippen LogP contribution in [0.4, 0.5) is 0 Å². The highest BCUT2D eigenvalue weighted by Gasteiger charge is 2.52. The van der Waals surface area contributed by atoms with Gasteiger partial charge in [-0.1, -0.05) is 19.1 Å². The van der Waals surface area contributed by atoms with Crippen LogP contribution in [0.25, 0.3) is 0 Å². The number of hydrogen-bond acceptors (Lipinski definition) is 23. The van der Waals surface area contributed by atoms with Crippen LogP contribution in [0.2, 0.25) is 0 Å². The van der Waals surface area contributed by atoms with Crippen molar-refractivity contribution in [3.05, 3.63) is 49.0 Å². The third-order valence-corrected chi connectivity index (χ3v) is 13.2. The molecule has 5 rings (SSSR count). The molecular weight excluding hydrogens is 884 g/mol. The number of aliphatic hydroxyl groups excluding tert-OH is 9. The molecule has 0 aromatic rings. The lowest BCUT2D eigenvalue weighted by Crippen LogP contribution is -2.60. The van der Waals surface area contributed by atoms with Gasteiger partial charge in [0.05, 0.1) is 63.1 Å². The Balaban J connectivity index is 1.32. The largest absolute Gasteiger partial charge is 0.471 e. The SMILES string of the molecule is C=C[C@H]1[C@H](O[C@@H]2O[C@H](CO)[C@@H](O)[C@H](O)[C@H]2O)OC=C(C(=O)OC[C@@H]2[C@@H](C)[C@@H](OC(=O)C3=CO[C@@H](O[C@@H]4O[C@H](CO)[C@@H](O)[C@H](O)[C@H]4O)[C@H](C=C)[C@@H]3CC=O)C[C@@H]2[C@H](CO)C(=O)OC)[C@H]1CC=O. The maximum Gasteiger partial charge on any atom is 0.337 e. The molecule has 0 aromatic carbocycles. The molecule has 21 atom stereocenters. The maximum atomic E-state index is 14.0. The summed E-state index contributed by atoms with van der Waals surface area (Å²) in [5, 5.41) is 91.4. The molecule has 5 aliphatic rings. The summed E-state index contributed by atoms with van der Waals surface area (Å²) in [6, 6.07) is 0. The van der Waals surface area contributed by atoms with E-state index in [1.807, 2.05) is 0 Å². The summed E-state index contributed by atoms with van der Waals surface area (Å²) in [7, 11) is 1.12. The number of hydrogen-bond donors (Lipinski definition) is 9. The van der Waals surface area contributed by atoms with E-state index in [1.165, 1.54) is 12.2 Å². The fourth-order valence-corrected chi connectivity index (χ4v) is 9.24. The van der Waals surface area contributed by atoms with Crippen molar-refractivity contribution < 1.29 is 113 Å². The summed E-state index contributed by atoms with van der Waals surface area (Å²) in [5.41, 5.74) is -0.254. The number of carbonyl (C=O) groups excluding carboxylic acids is 5. The molecule has 66 heavy (non-hydrogen) atoms. The van der Waals surface area contributed by atoms with Crippen molar-refractivity contribution in [1.82, 2.24) is 0 Å². The normalized spacial score (nSPS) is 40.5. The Hall–Kier alpha value is -4.21. The molecule has 0 spiro atoms. The van der Waals surface area contributed by atoms with Crippen molar-refractivity contribution in [2.75, 3.05) is 33.5 Å². The van der Waals surface area contributed by atoms with Gasteiger partial charge in [0.2, 0.25) is 12.6 Å². The van der Waals surface area contributed by atoms with Crippen LogP contribution < -0.4 is 0 Å². The molecule has 2 saturated heterocycles. The molecular formula is C43H60O23. The van der Waals surface area contributed by atoms with E-state index in [-0.39, 0.29) is 30.4 Å². The van der Waals surface area contributed by atoms with E-state index in [9.17, 15) is 69.9 Å². The van der Waals surface area contributed by atoms with Crippen LogP contribution >= 0.6 is 0 Å². The van der Waals surface area contributed by atoms with E-state index < -0.39 is 172 Å². The second kappa shape index (κ2) is 23.7. The number of methoxy groups -OCH3 is 1. The van der Waals surface area contributed by atoms with Crippen LogP contribution in [0.5, 0.6) is 0 Å². The van der Waals surface area contributed by atoms with Crippen LogP contribution in [0.15, 0.2) is 49.0 Å². The quantitative estimate of drug-likeness (QED) is 0.0249. The van der Waals surface area contributed by atoms with Gasteiger partial charge < -0.3 is 98.2 Å². The van der Waals surface area contributed by atoms with Gasteiger partial charge in [0.15, 0.2) is 12.6 Å². The first-order valence-electron chi connectivity index (χ1n) is 21.4. The number of ether oxygens (including phenoxy) is 9. The molecule has 0 amide bonds. The Morgan fingerprint density at radius 1 is 0.727 bits per heavy atom. The molecule has 23 heteroatoms. The fourth-order valence-electron chi connectivity index (χ4n) is 9.24.